The molecule has 0 aromatic heterocycles. The Hall–Kier alpha value is -2.91. The number of benzene rings is 1. The molecule has 9 nitrogen and oxygen atoms in total. The lowest BCUT2D eigenvalue weighted by Gasteiger charge is -2.58. The fourth-order valence-electron chi connectivity index (χ4n) is 9.23. The van der Waals surface area contributed by atoms with Gasteiger partial charge in [-0.05, 0) is 85.8 Å². The van der Waals surface area contributed by atoms with E-state index in [0.29, 0.717) is 65.2 Å². The quantitative estimate of drug-likeness (QED) is 0.363. The van der Waals surface area contributed by atoms with Crippen LogP contribution in [0.4, 0.5) is 0 Å². The Morgan fingerprint density at radius 1 is 1.17 bits per heavy atom. The van der Waals surface area contributed by atoms with Crippen molar-refractivity contribution in [2.45, 2.75) is 83.0 Å². The molecule has 0 radical (unpaired) electrons. The number of rotatable bonds is 10. The minimum Gasteiger partial charge on any atom is -0.493 e. The third kappa shape index (κ3) is 5.12. The summed E-state index contributed by atoms with van der Waals surface area (Å²) in [5.74, 6) is 1.92. The molecule has 5 aliphatic carbocycles. The number of fused-ring (bicyclic) bond motifs is 3. The zero-order valence-electron chi connectivity index (χ0n) is 24.9. The van der Waals surface area contributed by atoms with Crippen LogP contribution in [0.2, 0.25) is 0 Å². The Labute approximate surface area is 247 Å². The molecule has 1 aliphatic heterocycles. The summed E-state index contributed by atoms with van der Waals surface area (Å²) in [5, 5.41) is 24.2. The number of methoxy groups -OCH3 is 1. The lowest BCUT2D eigenvalue weighted by atomic mass is 9.49. The van der Waals surface area contributed by atoms with Crippen molar-refractivity contribution < 1.29 is 34.1 Å². The number of carbonyl (C=O) groups is 3. The largest absolute Gasteiger partial charge is 0.493 e. The van der Waals surface area contributed by atoms with Gasteiger partial charge in [-0.3, -0.25) is 14.4 Å². The van der Waals surface area contributed by atoms with Crippen LogP contribution in [-0.4, -0.2) is 78.3 Å². The first-order valence-electron chi connectivity index (χ1n) is 15.6. The summed E-state index contributed by atoms with van der Waals surface area (Å²) in [6.45, 7) is 4.45. The second-order valence-electron chi connectivity index (χ2n) is 13.9. The highest BCUT2D eigenvalue weighted by Gasteiger charge is 2.55. The van der Waals surface area contributed by atoms with Gasteiger partial charge in [0.15, 0.2) is 11.5 Å². The number of nitrogens with zero attached hydrogens (tertiary/aromatic N) is 1. The number of carbonyl (C=O) groups excluding carboxylic acids is 3. The zero-order valence-corrected chi connectivity index (χ0v) is 24.9. The molecule has 3 N–H and O–H groups in total. The van der Waals surface area contributed by atoms with Gasteiger partial charge in [0.05, 0.1) is 25.7 Å². The molecule has 2 amide bonds. The van der Waals surface area contributed by atoms with Gasteiger partial charge in [0.1, 0.15) is 18.5 Å². The summed E-state index contributed by atoms with van der Waals surface area (Å²) < 4.78 is 11.9. The fourth-order valence-corrected chi connectivity index (χ4v) is 9.23. The number of aldehydes is 1. The van der Waals surface area contributed by atoms with Gasteiger partial charge in [0.25, 0.3) is 0 Å². The van der Waals surface area contributed by atoms with E-state index >= 15 is 0 Å². The van der Waals surface area contributed by atoms with E-state index in [1.54, 1.807) is 18.2 Å². The van der Waals surface area contributed by atoms with Crippen molar-refractivity contribution in [2.24, 2.45) is 29.1 Å². The summed E-state index contributed by atoms with van der Waals surface area (Å²) in [4.78, 5) is 41.2. The molecule has 4 saturated carbocycles. The smallest absolute Gasteiger partial charge is 0.247 e. The van der Waals surface area contributed by atoms with Crippen LogP contribution in [0.15, 0.2) is 23.8 Å². The number of aliphatic hydroxyl groups excluding tert-OH is 2. The van der Waals surface area contributed by atoms with E-state index in [4.69, 9.17) is 9.47 Å². The van der Waals surface area contributed by atoms with E-state index in [9.17, 15) is 24.6 Å². The van der Waals surface area contributed by atoms with Gasteiger partial charge < -0.3 is 29.9 Å². The first-order chi connectivity index (χ1) is 20.1. The van der Waals surface area contributed by atoms with E-state index in [1.165, 1.54) is 26.4 Å². The summed E-state index contributed by atoms with van der Waals surface area (Å²) in [7, 11) is 1.48. The first kappa shape index (κ1) is 29.2. The van der Waals surface area contributed by atoms with E-state index in [0.717, 1.165) is 19.3 Å². The van der Waals surface area contributed by atoms with Crippen molar-refractivity contribution in [3.05, 3.63) is 34.9 Å². The predicted octanol–water partition coefficient (Wildman–Crippen LogP) is 3.22. The highest BCUT2D eigenvalue weighted by molar-refractivity contribution is 5.96. The maximum absolute atomic E-state index is 14.0. The molecular formula is C33H44N2O7. The summed E-state index contributed by atoms with van der Waals surface area (Å²) in [5.41, 5.74) is 1.36. The molecule has 1 aromatic rings. The van der Waals surface area contributed by atoms with Crippen molar-refractivity contribution >= 4 is 18.1 Å². The van der Waals surface area contributed by atoms with Crippen molar-refractivity contribution in [1.82, 2.24) is 10.2 Å². The van der Waals surface area contributed by atoms with Gasteiger partial charge in [-0.2, -0.15) is 0 Å². The Kier molecular flexibility index (Phi) is 7.85. The van der Waals surface area contributed by atoms with Crippen LogP contribution in [0.3, 0.4) is 0 Å². The monoisotopic (exact) mass is 580 g/mol. The maximum Gasteiger partial charge on any atom is 0.247 e. The third-order valence-corrected chi connectivity index (χ3v) is 10.3. The van der Waals surface area contributed by atoms with E-state index in [1.807, 2.05) is 18.7 Å². The molecule has 4 unspecified atom stereocenters. The molecule has 4 fully saturated rings. The number of aliphatic hydroxyl groups is 2. The number of nitrogens with one attached hydrogen (secondary N) is 1. The molecule has 0 spiro atoms. The van der Waals surface area contributed by atoms with E-state index < -0.39 is 30.1 Å². The molecule has 7 rings (SSSR count). The zero-order chi connectivity index (χ0) is 29.8. The average molecular weight is 581 g/mol. The Bertz CT molecular complexity index is 1240. The summed E-state index contributed by atoms with van der Waals surface area (Å²) in [6.07, 6.45) is 8.06. The lowest BCUT2D eigenvalue weighted by Crippen LogP contribution is -2.60. The summed E-state index contributed by atoms with van der Waals surface area (Å²) >= 11 is 0. The van der Waals surface area contributed by atoms with Gasteiger partial charge in [0.2, 0.25) is 11.8 Å². The van der Waals surface area contributed by atoms with Crippen LogP contribution in [-0.2, 0) is 9.59 Å². The molecule has 1 aromatic carbocycles. The second-order valence-corrected chi connectivity index (χ2v) is 13.9. The minimum absolute atomic E-state index is 0.0223. The van der Waals surface area contributed by atoms with Crippen molar-refractivity contribution in [3.63, 3.8) is 0 Å². The van der Waals surface area contributed by atoms with Crippen molar-refractivity contribution in [2.75, 3.05) is 26.8 Å². The van der Waals surface area contributed by atoms with Gasteiger partial charge in [-0.1, -0.05) is 13.8 Å². The van der Waals surface area contributed by atoms with E-state index in [2.05, 4.69) is 5.32 Å². The molecule has 42 heavy (non-hydrogen) atoms. The van der Waals surface area contributed by atoms with Crippen LogP contribution in [0, 0.1) is 29.1 Å². The average Bonchev–Trinajstić information content (AvgIpc) is 3.33. The predicted molar refractivity (Wildman–Crippen MR) is 155 cm³/mol. The van der Waals surface area contributed by atoms with Crippen molar-refractivity contribution in [3.8, 4) is 11.5 Å². The molecule has 4 bridgehead atoms. The fraction of sp³-hybridized carbons (Fsp3) is 0.667. The Morgan fingerprint density at radius 2 is 1.83 bits per heavy atom. The van der Waals surface area contributed by atoms with Gasteiger partial charge in [-0.25, -0.2) is 0 Å². The lowest BCUT2D eigenvalue weighted by molar-refractivity contribution is -0.145. The normalized spacial score (nSPS) is 33.9. The number of amides is 2. The van der Waals surface area contributed by atoms with Gasteiger partial charge >= 0.3 is 0 Å². The third-order valence-electron chi connectivity index (χ3n) is 10.3. The van der Waals surface area contributed by atoms with Crippen LogP contribution < -0.4 is 14.8 Å². The van der Waals surface area contributed by atoms with Crippen LogP contribution >= 0.6 is 0 Å². The molecule has 1 heterocycles. The van der Waals surface area contributed by atoms with Gasteiger partial charge in [0, 0.05) is 36.2 Å². The molecule has 6 aliphatic rings. The maximum atomic E-state index is 14.0. The Morgan fingerprint density at radius 3 is 2.40 bits per heavy atom. The molecule has 9 heteroatoms. The van der Waals surface area contributed by atoms with Crippen molar-refractivity contribution in [1.29, 1.82) is 0 Å². The van der Waals surface area contributed by atoms with Gasteiger partial charge in [-0.15, -0.1) is 0 Å². The second kappa shape index (κ2) is 11.3. The highest BCUT2D eigenvalue weighted by Crippen LogP contribution is 2.60. The minimum atomic E-state index is -1.11. The first-order valence-corrected chi connectivity index (χ1v) is 15.6. The van der Waals surface area contributed by atoms with Crippen LogP contribution in [0.5, 0.6) is 11.5 Å². The highest BCUT2D eigenvalue weighted by atomic mass is 16.5. The topological polar surface area (TPSA) is 125 Å². The van der Waals surface area contributed by atoms with E-state index in [-0.39, 0.29) is 30.4 Å². The summed E-state index contributed by atoms with van der Waals surface area (Å²) in [6, 6.07) is 2.49. The van der Waals surface area contributed by atoms with Crippen LogP contribution in [0.1, 0.15) is 80.6 Å². The molecular weight excluding hydrogens is 536 g/mol. The number of hydrogen-bond acceptors (Lipinski definition) is 7. The standard InChI is InChI=1S/C33H44N2O7/c1-18(2)6-27(38)35(17-33-13-19-7-20(14-33)9-21(8-19)15-33)25-12-24(32(40)34-4-5-36)28-23-10-22(16-37)11-26(41-3)30(23)42-31(28)29(25)39/h10-12,16,18-21,25,28-29,31,36,39H,4-9,13-15,17H2,1-3H3,(H,34,40). The molecule has 228 valence electrons. The molecule has 4 atom stereocenters. The Balaban J connectivity index is 1.41. The SMILES string of the molecule is COc1cc(C=O)cc2c1OC1C2C(C(=O)NCCO)=CC(N(CC23CC4CC(CC(C4)C2)C3)C(=O)CC(C)C)C1O. The number of ether oxygens (including phenoxy) is 2. The molecule has 0 saturated heterocycles. The van der Waals surface area contributed by atoms with Crippen LogP contribution in [0.25, 0.3) is 0 Å². The number of hydrogen-bond donors (Lipinski definition) is 3.